The van der Waals surface area contributed by atoms with E-state index in [-0.39, 0.29) is 0 Å². The third-order valence-corrected chi connectivity index (χ3v) is 11.9. The Morgan fingerprint density at radius 3 is 1.33 bits per heavy atom. The fraction of sp³-hybridized carbons (Fsp3) is 0.143. The molecule has 0 atom stereocenters. The van der Waals surface area contributed by atoms with Gasteiger partial charge in [0.25, 0.3) is 0 Å². The minimum absolute atomic E-state index is 0.863. The van der Waals surface area contributed by atoms with Gasteiger partial charge in [0.2, 0.25) is 0 Å². The average molecular weight is 459 g/mol. The molecule has 0 aliphatic rings. The third-order valence-electron chi connectivity index (χ3n) is 2.60. The number of halogens is 1. The number of hydrogen-bond donors (Lipinski definition) is 0. The Morgan fingerprint density at radius 2 is 1.06 bits per heavy atom. The van der Waals surface area contributed by atoms with Gasteiger partial charge in [0.15, 0.2) is 0 Å². The van der Waals surface area contributed by atoms with Crippen LogP contribution in [0.2, 0.25) is 0 Å². The van der Waals surface area contributed by atoms with E-state index in [1.807, 2.05) is 24.3 Å². The Hall–Kier alpha value is -0.787. The zero-order chi connectivity index (χ0) is 13.0. The molecule has 0 radical (unpaired) electrons. The number of rotatable bonds is 4. The van der Waals surface area contributed by atoms with Gasteiger partial charge in [0.1, 0.15) is 0 Å². The van der Waals surface area contributed by atoms with Crippen LogP contribution in [0.3, 0.4) is 0 Å². The van der Waals surface area contributed by atoms with E-state index in [1.165, 1.54) is 6.54 Å². The first-order chi connectivity index (χ1) is 8.74. The van der Waals surface area contributed by atoms with Crippen LogP contribution in [-0.2, 0) is 0 Å². The predicted octanol–water partition coefficient (Wildman–Crippen LogP) is 2.05. The van der Waals surface area contributed by atoms with E-state index in [2.05, 4.69) is 24.3 Å². The van der Waals surface area contributed by atoms with Crippen LogP contribution in [-0.4, -0.2) is 34.8 Å². The Balaban J connectivity index is 2.20. The zero-order valence-corrected chi connectivity index (χ0v) is 14.5. The molecule has 0 N–H and O–H groups in total. The summed E-state index contributed by atoms with van der Waals surface area (Å²) in [5.74, 6) is 1.73. The van der Waals surface area contributed by atoms with Crippen LogP contribution in [0.15, 0.2) is 48.5 Å². The first-order valence-electron chi connectivity index (χ1n) is 5.48. The molecular formula is C14H14BiClO2. The average Bonchev–Trinajstić information content (AvgIpc) is 2.47. The molecule has 94 valence electrons. The summed E-state index contributed by atoms with van der Waals surface area (Å²) < 4.78 is 12.8. The maximum atomic E-state index is 6.64. The Bertz CT molecular complexity index is 449. The molecule has 2 rings (SSSR count). The van der Waals surface area contributed by atoms with Gasteiger partial charge in [-0.05, 0) is 0 Å². The molecule has 2 aromatic rings. The van der Waals surface area contributed by atoms with Gasteiger partial charge in [-0.25, -0.2) is 0 Å². The quantitative estimate of drug-likeness (QED) is 0.653. The molecule has 0 amide bonds. The molecule has 0 spiro atoms. The molecule has 0 heterocycles. The molecule has 0 aliphatic heterocycles. The van der Waals surface area contributed by atoms with E-state index < -0.39 is 20.6 Å². The predicted molar refractivity (Wildman–Crippen MR) is 76.9 cm³/mol. The zero-order valence-electron chi connectivity index (χ0n) is 10.3. The van der Waals surface area contributed by atoms with Gasteiger partial charge in [-0.3, -0.25) is 0 Å². The van der Waals surface area contributed by atoms with Crippen molar-refractivity contribution in [3.63, 3.8) is 0 Å². The van der Waals surface area contributed by atoms with Crippen molar-refractivity contribution < 1.29 is 9.47 Å². The summed E-state index contributed by atoms with van der Waals surface area (Å²) in [6, 6.07) is 16.1. The van der Waals surface area contributed by atoms with E-state index in [0.717, 1.165) is 11.5 Å². The number of benzene rings is 2. The van der Waals surface area contributed by atoms with Gasteiger partial charge in [-0.1, -0.05) is 0 Å². The molecule has 0 aromatic heterocycles. The van der Waals surface area contributed by atoms with E-state index in [9.17, 15) is 0 Å². The SMILES string of the molecule is COc1cc[c]([Bi]([Cl])[c]2ccc(OC)cc2)cc1. The number of hydrogen-bond acceptors (Lipinski definition) is 2. The molecule has 4 heteroatoms. The fourth-order valence-corrected chi connectivity index (χ4v) is 7.91. The molecule has 0 unspecified atom stereocenters. The maximum absolute atomic E-state index is 6.64. The van der Waals surface area contributed by atoms with Crippen molar-refractivity contribution in [3.8, 4) is 11.5 Å². The van der Waals surface area contributed by atoms with Gasteiger partial charge in [0.05, 0.1) is 0 Å². The van der Waals surface area contributed by atoms with E-state index in [0.29, 0.717) is 0 Å². The molecule has 18 heavy (non-hydrogen) atoms. The van der Waals surface area contributed by atoms with Crippen molar-refractivity contribution in [2.24, 2.45) is 0 Å². The van der Waals surface area contributed by atoms with Gasteiger partial charge >= 0.3 is 119 Å². The molecule has 0 saturated carbocycles. The molecule has 0 bridgehead atoms. The summed E-state index contributed by atoms with van der Waals surface area (Å²) in [7, 11) is 9.98. The number of methoxy groups -OCH3 is 2. The van der Waals surface area contributed by atoms with Crippen LogP contribution in [0.4, 0.5) is 0 Å². The topological polar surface area (TPSA) is 18.5 Å². The van der Waals surface area contributed by atoms with Crippen molar-refractivity contribution in [2.45, 2.75) is 0 Å². The molecule has 2 aromatic carbocycles. The van der Waals surface area contributed by atoms with Crippen molar-refractivity contribution in [3.05, 3.63) is 48.5 Å². The summed E-state index contributed by atoms with van der Waals surface area (Å²) >= 11 is -2.30. The summed E-state index contributed by atoms with van der Waals surface area (Å²) in [6.07, 6.45) is 0. The standard InChI is InChI=1S/2C7H7O.Bi.ClH/c2*1-8-7-5-3-2-4-6-7;;/h2*3-6H,1H3;;1H/q;;+1;/p-1. The third kappa shape index (κ3) is 3.15. The second-order valence-corrected chi connectivity index (χ2v) is 12.8. The van der Waals surface area contributed by atoms with Crippen LogP contribution in [0.25, 0.3) is 0 Å². The van der Waals surface area contributed by atoms with Crippen LogP contribution in [0.1, 0.15) is 0 Å². The summed E-state index contributed by atoms with van der Waals surface area (Å²) in [6.45, 7) is 0. The Morgan fingerprint density at radius 1 is 0.722 bits per heavy atom. The first kappa shape index (κ1) is 13.6. The number of ether oxygens (including phenoxy) is 2. The van der Waals surface area contributed by atoms with Gasteiger partial charge in [-0.15, -0.1) is 0 Å². The minimum atomic E-state index is -2.30. The second-order valence-electron chi connectivity index (χ2n) is 3.68. The molecule has 0 aliphatic carbocycles. The van der Waals surface area contributed by atoms with Gasteiger partial charge in [-0.2, -0.15) is 0 Å². The van der Waals surface area contributed by atoms with Crippen molar-refractivity contribution in [1.82, 2.24) is 0 Å². The van der Waals surface area contributed by atoms with Crippen LogP contribution >= 0.6 is 8.51 Å². The molecular weight excluding hydrogens is 445 g/mol. The van der Waals surface area contributed by atoms with Gasteiger partial charge in [0, 0.05) is 0 Å². The first-order valence-corrected chi connectivity index (χ1v) is 13.2. The van der Waals surface area contributed by atoms with Crippen LogP contribution in [0, 0.1) is 0 Å². The van der Waals surface area contributed by atoms with Crippen molar-refractivity contribution in [1.29, 1.82) is 0 Å². The van der Waals surface area contributed by atoms with E-state index >= 15 is 0 Å². The Kier molecular flexibility index (Phi) is 4.85. The van der Waals surface area contributed by atoms with E-state index in [4.69, 9.17) is 18.0 Å². The van der Waals surface area contributed by atoms with Crippen molar-refractivity contribution in [2.75, 3.05) is 14.2 Å². The van der Waals surface area contributed by atoms with Crippen molar-refractivity contribution >= 4 is 35.6 Å². The normalized spacial score (nSPS) is 10.4. The summed E-state index contributed by atoms with van der Waals surface area (Å²) in [4.78, 5) is 0. The van der Waals surface area contributed by atoms with Crippen LogP contribution in [0.5, 0.6) is 11.5 Å². The molecule has 0 fully saturated rings. The van der Waals surface area contributed by atoms with Crippen LogP contribution < -0.4 is 16.0 Å². The second kappa shape index (κ2) is 6.40. The summed E-state index contributed by atoms with van der Waals surface area (Å²) in [5, 5.41) is 0. The van der Waals surface area contributed by atoms with E-state index in [1.54, 1.807) is 14.2 Å². The fourth-order valence-electron chi connectivity index (χ4n) is 1.58. The Labute approximate surface area is 119 Å². The molecule has 0 saturated heterocycles. The monoisotopic (exact) mass is 458 g/mol. The molecule has 2 nitrogen and oxygen atoms in total. The van der Waals surface area contributed by atoms with Gasteiger partial charge < -0.3 is 0 Å². The summed E-state index contributed by atoms with van der Waals surface area (Å²) in [5.41, 5.74) is 0.